The fourth-order valence-electron chi connectivity index (χ4n) is 4.27. The number of benzene rings is 3. The molecule has 6 rings (SSSR count). The molecule has 1 aromatic heterocycles. The van der Waals surface area contributed by atoms with Gasteiger partial charge in [-0.3, -0.25) is 0 Å². The quantitative estimate of drug-likeness (QED) is 0.344. The van der Waals surface area contributed by atoms with Crippen LogP contribution in [0.3, 0.4) is 0 Å². The van der Waals surface area contributed by atoms with Gasteiger partial charge in [0.1, 0.15) is 49.0 Å². The molecule has 4 aromatic rings. The third-order valence-corrected chi connectivity index (χ3v) is 6.16. The summed E-state index contributed by atoms with van der Waals surface area (Å²) < 4.78 is 18.1. The lowest BCUT2D eigenvalue weighted by Gasteiger charge is -2.10. The Morgan fingerprint density at radius 2 is 1.11 bits per heavy atom. The summed E-state index contributed by atoms with van der Waals surface area (Å²) in [4.78, 5) is 14.4. The highest BCUT2D eigenvalue weighted by molar-refractivity contribution is 5.98. The second-order valence-electron chi connectivity index (χ2n) is 8.69. The molecule has 36 heavy (non-hydrogen) atoms. The molecule has 3 aromatic carbocycles. The highest BCUT2D eigenvalue weighted by atomic mass is 16.5. The Balaban J connectivity index is 1.32. The van der Waals surface area contributed by atoms with E-state index in [-0.39, 0.29) is 12.1 Å². The van der Waals surface area contributed by atoms with E-state index in [2.05, 4.69) is 24.3 Å². The van der Waals surface area contributed by atoms with Gasteiger partial charge < -0.3 is 14.2 Å². The Morgan fingerprint density at radius 3 is 1.61 bits per heavy atom. The molecule has 2 atom stereocenters. The van der Waals surface area contributed by atoms with Crippen molar-refractivity contribution in [2.45, 2.75) is 18.7 Å². The Labute approximate surface area is 209 Å². The smallest absolute Gasteiger partial charge is 0.236 e. The van der Waals surface area contributed by atoms with E-state index < -0.39 is 0 Å². The number of pyridine rings is 1. The fraction of sp³-hybridized carbons (Fsp3) is 0.167. The first-order valence-corrected chi connectivity index (χ1v) is 12.0. The minimum Gasteiger partial charge on any atom is -0.489 e. The molecule has 0 radical (unpaired) electrons. The van der Waals surface area contributed by atoms with Crippen molar-refractivity contribution < 1.29 is 14.2 Å². The third-order valence-electron chi connectivity index (χ3n) is 6.16. The second-order valence-corrected chi connectivity index (χ2v) is 8.69. The number of aliphatic imine (C=N–C) groups is 2. The van der Waals surface area contributed by atoms with E-state index in [1.165, 1.54) is 0 Å². The largest absolute Gasteiger partial charge is 0.489 e. The van der Waals surface area contributed by atoms with Crippen molar-refractivity contribution in [1.82, 2.24) is 4.98 Å². The van der Waals surface area contributed by atoms with Gasteiger partial charge in [0.2, 0.25) is 11.8 Å². The Bertz CT molecular complexity index is 1310. The lowest BCUT2D eigenvalue weighted by atomic mass is 10.1. The average Bonchev–Trinajstić information content (AvgIpc) is 3.65. The van der Waals surface area contributed by atoms with Crippen molar-refractivity contribution in [3.8, 4) is 5.75 Å². The van der Waals surface area contributed by atoms with E-state index >= 15 is 0 Å². The van der Waals surface area contributed by atoms with Gasteiger partial charge >= 0.3 is 0 Å². The minimum absolute atomic E-state index is 0.0668. The van der Waals surface area contributed by atoms with Gasteiger partial charge in [0.15, 0.2) is 0 Å². The maximum absolute atomic E-state index is 6.15. The number of ether oxygens (including phenoxy) is 3. The fourth-order valence-corrected chi connectivity index (χ4v) is 4.27. The summed E-state index contributed by atoms with van der Waals surface area (Å²) in [5.74, 6) is 1.64. The molecule has 6 nitrogen and oxygen atoms in total. The van der Waals surface area contributed by atoms with E-state index in [1.807, 2.05) is 78.9 Å². The zero-order valence-corrected chi connectivity index (χ0v) is 19.7. The highest BCUT2D eigenvalue weighted by Crippen LogP contribution is 2.29. The van der Waals surface area contributed by atoms with Gasteiger partial charge in [-0.2, -0.15) is 0 Å². The zero-order chi connectivity index (χ0) is 24.2. The van der Waals surface area contributed by atoms with Crippen molar-refractivity contribution in [3.63, 3.8) is 0 Å². The van der Waals surface area contributed by atoms with Crippen LogP contribution in [-0.4, -0.2) is 30.0 Å². The molecule has 3 heterocycles. The molecule has 2 aliphatic heterocycles. The first-order valence-electron chi connectivity index (χ1n) is 12.0. The Hall–Kier alpha value is -4.45. The molecular weight excluding hydrogens is 450 g/mol. The van der Waals surface area contributed by atoms with Crippen LogP contribution in [0.2, 0.25) is 0 Å². The molecule has 0 spiro atoms. The van der Waals surface area contributed by atoms with E-state index in [0.29, 0.717) is 48.8 Å². The topological polar surface area (TPSA) is 65.3 Å². The maximum atomic E-state index is 6.15. The van der Waals surface area contributed by atoms with E-state index in [1.54, 1.807) is 0 Å². The average molecular weight is 476 g/mol. The van der Waals surface area contributed by atoms with Crippen molar-refractivity contribution >= 4 is 11.8 Å². The van der Waals surface area contributed by atoms with Gasteiger partial charge in [0, 0.05) is 12.1 Å². The van der Waals surface area contributed by atoms with Crippen LogP contribution < -0.4 is 4.74 Å². The second kappa shape index (κ2) is 10.0. The summed E-state index contributed by atoms with van der Waals surface area (Å²) in [7, 11) is 0. The highest BCUT2D eigenvalue weighted by Gasteiger charge is 2.27. The van der Waals surface area contributed by atoms with Gasteiger partial charge in [0.05, 0.1) is 0 Å². The minimum atomic E-state index is -0.0668. The molecule has 0 saturated heterocycles. The van der Waals surface area contributed by atoms with Crippen LogP contribution in [-0.2, 0) is 16.1 Å². The molecule has 0 unspecified atom stereocenters. The lowest BCUT2D eigenvalue weighted by Crippen LogP contribution is -2.11. The number of nitrogens with zero attached hydrogens (tertiary/aromatic N) is 3. The van der Waals surface area contributed by atoms with Crippen LogP contribution in [0.15, 0.2) is 113 Å². The van der Waals surface area contributed by atoms with Gasteiger partial charge in [-0.15, -0.1) is 0 Å². The predicted octanol–water partition coefficient (Wildman–Crippen LogP) is 5.70. The van der Waals surface area contributed by atoms with E-state index in [9.17, 15) is 0 Å². The number of hydrogen-bond donors (Lipinski definition) is 0. The molecule has 0 saturated carbocycles. The van der Waals surface area contributed by atoms with Gasteiger partial charge in [-0.25, -0.2) is 15.0 Å². The van der Waals surface area contributed by atoms with Crippen LogP contribution in [0.1, 0.15) is 40.2 Å². The number of hydrogen-bond acceptors (Lipinski definition) is 6. The van der Waals surface area contributed by atoms with Crippen LogP contribution in [0, 0.1) is 0 Å². The van der Waals surface area contributed by atoms with E-state index in [4.69, 9.17) is 29.2 Å². The zero-order valence-electron chi connectivity index (χ0n) is 19.7. The molecular formula is C30H25N3O3. The molecule has 2 aliphatic rings. The van der Waals surface area contributed by atoms with Crippen molar-refractivity contribution in [2.24, 2.45) is 9.98 Å². The molecule has 0 N–H and O–H groups in total. The van der Waals surface area contributed by atoms with Crippen molar-refractivity contribution in [1.29, 1.82) is 0 Å². The van der Waals surface area contributed by atoms with Crippen LogP contribution in [0.4, 0.5) is 0 Å². The van der Waals surface area contributed by atoms with Crippen LogP contribution in [0.5, 0.6) is 5.75 Å². The van der Waals surface area contributed by atoms with Gasteiger partial charge in [-0.05, 0) is 16.7 Å². The Kier molecular flexibility index (Phi) is 6.15. The van der Waals surface area contributed by atoms with Gasteiger partial charge in [-0.1, -0.05) is 91.0 Å². The first-order chi connectivity index (χ1) is 17.8. The van der Waals surface area contributed by atoms with Crippen molar-refractivity contribution in [2.75, 3.05) is 13.2 Å². The monoisotopic (exact) mass is 475 g/mol. The summed E-state index contributed by atoms with van der Waals surface area (Å²) in [5, 5.41) is 0. The summed E-state index contributed by atoms with van der Waals surface area (Å²) in [5.41, 5.74) is 4.50. The standard InChI is InChI=1S/C30H25N3O3/c1-4-10-21(11-5-1)18-34-24-16-25(29-32-27(19-35-29)22-12-6-2-7-13-22)31-26(17-24)30-33-28(20-36-30)23-14-8-3-9-15-23/h1-17,27-28H,18-20H2/t27-,28-/m1/s1. The number of aromatic nitrogens is 1. The molecule has 0 amide bonds. The molecule has 0 fully saturated rings. The normalized spacial score (nSPS) is 18.7. The van der Waals surface area contributed by atoms with E-state index in [0.717, 1.165) is 16.7 Å². The van der Waals surface area contributed by atoms with Crippen LogP contribution >= 0.6 is 0 Å². The summed E-state index contributed by atoms with van der Waals surface area (Å²) in [6.45, 7) is 1.38. The Morgan fingerprint density at radius 1 is 0.639 bits per heavy atom. The SMILES string of the molecule is c1ccc(COc2cc(C3=N[C@@H](c4ccccc4)CO3)nc(C3=N[C@@H](c4ccccc4)CO3)c2)cc1. The third kappa shape index (κ3) is 4.84. The summed E-state index contributed by atoms with van der Waals surface area (Å²) >= 11 is 0. The number of rotatable bonds is 7. The summed E-state index contributed by atoms with van der Waals surface area (Å²) in [6.07, 6.45) is 0. The molecule has 0 bridgehead atoms. The molecule has 0 aliphatic carbocycles. The lowest BCUT2D eigenvalue weighted by molar-refractivity contribution is 0.302. The van der Waals surface area contributed by atoms with Crippen LogP contribution in [0.25, 0.3) is 0 Å². The summed E-state index contributed by atoms with van der Waals surface area (Å²) in [6, 6.07) is 33.9. The maximum Gasteiger partial charge on any atom is 0.236 e. The van der Waals surface area contributed by atoms with Gasteiger partial charge in [0.25, 0.3) is 0 Å². The molecule has 6 heteroatoms. The molecule has 178 valence electrons. The predicted molar refractivity (Wildman–Crippen MR) is 138 cm³/mol. The first kappa shape index (κ1) is 22.0. The van der Waals surface area contributed by atoms with Crippen molar-refractivity contribution in [3.05, 3.63) is 131 Å².